The van der Waals surface area contributed by atoms with Gasteiger partial charge in [0.2, 0.25) is 0 Å². The maximum atomic E-state index is 4.70. The second-order valence-corrected chi connectivity index (χ2v) is 6.49. The highest BCUT2D eigenvalue weighted by Crippen LogP contribution is 2.36. The van der Waals surface area contributed by atoms with E-state index in [0.717, 1.165) is 43.5 Å². The van der Waals surface area contributed by atoms with Crippen molar-refractivity contribution in [2.75, 3.05) is 18.0 Å². The Labute approximate surface area is 128 Å². The van der Waals surface area contributed by atoms with Crippen molar-refractivity contribution in [3.05, 3.63) is 18.1 Å². The quantitative estimate of drug-likeness (QED) is 0.845. The van der Waals surface area contributed by atoms with Crippen LogP contribution in [-0.2, 0) is 6.54 Å². The molecule has 0 spiro atoms. The van der Waals surface area contributed by atoms with Crippen molar-refractivity contribution in [3.63, 3.8) is 0 Å². The van der Waals surface area contributed by atoms with E-state index in [0.29, 0.717) is 6.04 Å². The summed E-state index contributed by atoms with van der Waals surface area (Å²) in [6.07, 6.45) is 13.4. The van der Waals surface area contributed by atoms with Gasteiger partial charge < -0.3 is 10.2 Å². The Morgan fingerprint density at radius 1 is 1.14 bits per heavy atom. The Bertz CT molecular complexity index is 429. The van der Waals surface area contributed by atoms with E-state index in [1.54, 1.807) is 0 Å². The molecule has 1 aliphatic carbocycles. The first kappa shape index (κ1) is 14.8. The number of nitrogens with one attached hydrogen (secondary N) is 1. The molecule has 2 heterocycles. The average Bonchev–Trinajstić information content (AvgIpc) is 2.55. The van der Waals surface area contributed by atoms with Gasteiger partial charge in [0.1, 0.15) is 5.82 Å². The molecule has 2 fully saturated rings. The standard InChI is InChI=1S/C17H28N4/c1-2-9-18-11-15-12-20-17(13-19-15)21-10-5-7-14-6-3-4-8-16(14)21/h12-14,16,18H,2-11H2,1H3/t14-,16-/m1/s1. The van der Waals surface area contributed by atoms with Crippen molar-refractivity contribution >= 4 is 5.82 Å². The molecule has 3 rings (SSSR count). The lowest BCUT2D eigenvalue weighted by Gasteiger charge is -2.44. The highest BCUT2D eigenvalue weighted by molar-refractivity contribution is 5.38. The number of hydrogen-bond acceptors (Lipinski definition) is 4. The van der Waals surface area contributed by atoms with E-state index >= 15 is 0 Å². The Morgan fingerprint density at radius 2 is 2.00 bits per heavy atom. The predicted molar refractivity (Wildman–Crippen MR) is 86.4 cm³/mol. The number of hydrogen-bond donors (Lipinski definition) is 1. The average molecular weight is 288 g/mol. The van der Waals surface area contributed by atoms with Crippen LogP contribution in [0.3, 0.4) is 0 Å². The summed E-state index contributed by atoms with van der Waals surface area (Å²) < 4.78 is 0. The van der Waals surface area contributed by atoms with Crippen molar-refractivity contribution in [2.24, 2.45) is 5.92 Å². The topological polar surface area (TPSA) is 41.1 Å². The van der Waals surface area contributed by atoms with Crippen LogP contribution in [0.2, 0.25) is 0 Å². The summed E-state index contributed by atoms with van der Waals surface area (Å²) in [6.45, 7) is 5.20. The molecule has 1 saturated heterocycles. The number of piperidine rings is 1. The maximum Gasteiger partial charge on any atom is 0.147 e. The van der Waals surface area contributed by atoms with Gasteiger partial charge >= 0.3 is 0 Å². The lowest BCUT2D eigenvalue weighted by atomic mass is 9.78. The maximum absolute atomic E-state index is 4.70. The van der Waals surface area contributed by atoms with Crippen molar-refractivity contribution in [2.45, 2.75) is 64.5 Å². The molecule has 1 aromatic rings. The van der Waals surface area contributed by atoms with Crippen LogP contribution in [0.4, 0.5) is 5.82 Å². The van der Waals surface area contributed by atoms with Crippen molar-refractivity contribution in [1.29, 1.82) is 0 Å². The fourth-order valence-corrected chi connectivity index (χ4v) is 3.89. The minimum absolute atomic E-state index is 0.714. The summed E-state index contributed by atoms with van der Waals surface area (Å²) in [4.78, 5) is 11.8. The first-order chi connectivity index (χ1) is 10.4. The van der Waals surface area contributed by atoms with Gasteiger partial charge in [-0.15, -0.1) is 0 Å². The normalized spacial score (nSPS) is 25.7. The van der Waals surface area contributed by atoms with Crippen LogP contribution in [0.1, 0.15) is 57.6 Å². The fourth-order valence-electron chi connectivity index (χ4n) is 3.89. The van der Waals surface area contributed by atoms with Gasteiger partial charge in [-0.1, -0.05) is 19.8 Å². The minimum atomic E-state index is 0.714. The lowest BCUT2D eigenvalue weighted by Crippen LogP contribution is -2.47. The smallest absolute Gasteiger partial charge is 0.147 e. The number of rotatable bonds is 5. The highest BCUT2D eigenvalue weighted by atomic mass is 15.2. The van der Waals surface area contributed by atoms with Gasteiger partial charge in [-0.05, 0) is 44.6 Å². The third kappa shape index (κ3) is 3.54. The molecule has 2 atom stereocenters. The van der Waals surface area contributed by atoms with Gasteiger partial charge in [0.05, 0.1) is 18.1 Å². The zero-order valence-corrected chi connectivity index (χ0v) is 13.2. The van der Waals surface area contributed by atoms with Gasteiger partial charge in [-0.3, -0.25) is 4.98 Å². The summed E-state index contributed by atoms with van der Waals surface area (Å²) in [6, 6.07) is 0.714. The van der Waals surface area contributed by atoms with Crippen LogP contribution in [0.5, 0.6) is 0 Å². The molecule has 21 heavy (non-hydrogen) atoms. The van der Waals surface area contributed by atoms with E-state index in [-0.39, 0.29) is 0 Å². The van der Waals surface area contributed by atoms with E-state index < -0.39 is 0 Å². The molecule has 0 amide bonds. The second-order valence-electron chi connectivity index (χ2n) is 6.49. The Balaban J connectivity index is 1.65. The summed E-state index contributed by atoms with van der Waals surface area (Å²) in [7, 11) is 0. The Morgan fingerprint density at radius 3 is 2.81 bits per heavy atom. The summed E-state index contributed by atoms with van der Waals surface area (Å²) in [5.41, 5.74) is 1.05. The van der Waals surface area contributed by atoms with Crippen molar-refractivity contribution < 1.29 is 0 Å². The first-order valence-electron chi connectivity index (χ1n) is 8.66. The molecule has 2 aliphatic rings. The summed E-state index contributed by atoms with van der Waals surface area (Å²) in [5.74, 6) is 1.98. The van der Waals surface area contributed by atoms with Gasteiger partial charge in [-0.2, -0.15) is 0 Å². The van der Waals surface area contributed by atoms with Gasteiger partial charge in [0.15, 0.2) is 0 Å². The second kappa shape index (κ2) is 7.21. The molecule has 0 unspecified atom stereocenters. The Kier molecular flexibility index (Phi) is 5.07. The van der Waals surface area contributed by atoms with Crippen LogP contribution in [-0.4, -0.2) is 29.1 Å². The largest absolute Gasteiger partial charge is 0.352 e. The first-order valence-corrected chi connectivity index (χ1v) is 8.66. The molecule has 1 aromatic heterocycles. The lowest BCUT2D eigenvalue weighted by molar-refractivity contribution is 0.242. The van der Waals surface area contributed by atoms with Gasteiger partial charge in [-0.25, -0.2) is 4.98 Å². The van der Waals surface area contributed by atoms with Crippen LogP contribution in [0.25, 0.3) is 0 Å². The SMILES string of the molecule is CCCNCc1cnc(N2CCC[C@H]3CCCC[C@H]32)cn1. The van der Waals surface area contributed by atoms with Crippen molar-refractivity contribution in [1.82, 2.24) is 15.3 Å². The number of aromatic nitrogens is 2. The van der Waals surface area contributed by atoms with Crippen LogP contribution in [0.15, 0.2) is 12.4 Å². The monoisotopic (exact) mass is 288 g/mol. The van der Waals surface area contributed by atoms with Crippen molar-refractivity contribution in [3.8, 4) is 0 Å². The summed E-state index contributed by atoms with van der Waals surface area (Å²) >= 11 is 0. The predicted octanol–water partition coefficient (Wildman–Crippen LogP) is 3.14. The number of nitrogens with zero attached hydrogens (tertiary/aromatic N) is 3. The van der Waals surface area contributed by atoms with E-state index in [2.05, 4.69) is 22.1 Å². The summed E-state index contributed by atoms with van der Waals surface area (Å²) in [5, 5.41) is 3.38. The fraction of sp³-hybridized carbons (Fsp3) is 0.765. The molecule has 0 bridgehead atoms. The molecule has 0 radical (unpaired) electrons. The van der Waals surface area contributed by atoms with Crippen LogP contribution < -0.4 is 10.2 Å². The zero-order chi connectivity index (χ0) is 14.5. The van der Waals surface area contributed by atoms with Gasteiger partial charge in [0, 0.05) is 19.1 Å². The molecule has 0 aromatic carbocycles. The Hall–Kier alpha value is -1.16. The van der Waals surface area contributed by atoms with E-state index in [1.165, 1.54) is 38.5 Å². The zero-order valence-electron chi connectivity index (χ0n) is 13.2. The molecular weight excluding hydrogens is 260 g/mol. The minimum Gasteiger partial charge on any atom is -0.352 e. The van der Waals surface area contributed by atoms with Crippen LogP contribution in [0, 0.1) is 5.92 Å². The molecule has 1 saturated carbocycles. The number of anilines is 1. The molecule has 1 aliphatic heterocycles. The third-order valence-electron chi connectivity index (χ3n) is 4.96. The highest BCUT2D eigenvalue weighted by Gasteiger charge is 2.33. The molecule has 1 N–H and O–H groups in total. The van der Waals surface area contributed by atoms with E-state index in [9.17, 15) is 0 Å². The molecule has 4 heteroatoms. The van der Waals surface area contributed by atoms with Gasteiger partial charge in [0.25, 0.3) is 0 Å². The van der Waals surface area contributed by atoms with E-state index in [1.807, 2.05) is 12.4 Å². The molecular formula is C17H28N4. The number of fused-ring (bicyclic) bond motifs is 1. The third-order valence-corrected chi connectivity index (χ3v) is 4.96. The van der Waals surface area contributed by atoms with E-state index in [4.69, 9.17) is 4.98 Å². The molecule has 4 nitrogen and oxygen atoms in total. The molecule has 116 valence electrons. The van der Waals surface area contributed by atoms with Crippen LogP contribution >= 0.6 is 0 Å².